The molecule has 0 bridgehead atoms. The summed E-state index contributed by atoms with van der Waals surface area (Å²) in [4.78, 5) is 25.6. The van der Waals surface area contributed by atoms with Gasteiger partial charge in [0.1, 0.15) is 0 Å². The minimum absolute atomic E-state index is 0.162. The Morgan fingerprint density at radius 2 is 1.74 bits per heavy atom. The van der Waals surface area contributed by atoms with E-state index in [1.54, 1.807) is 0 Å². The minimum Gasteiger partial charge on any atom is -0.342 e. The molecule has 1 amide bonds. The van der Waals surface area contributed by atoms with E-state index >= 15 is 0 Å². The molecule has 0 aromatic carbocycles. The molecule has 0 aromatic rings. The van der Waals surface area contributed by atoms with E-state index in [2.05, 4.69) is 25.0 Å². The molecule has 4 unspecified atom stereocenters. The normalized spacial score (nSPS) is 52.6. The first-order valence-electron chi connectivity index (χ1n) is 9.55. The number of likely N-dealkylation sites (tertiary alicyclic amines) is 1. The second-order valence-corrected chi connectivity index (χ2v) is 9.27. The quantitative estimate of drug-likeness (QED) is 0.741. The van der Waals surface area contributed by atoms with E-state index in [9.17, 15) is 9.59 Å². The van der Waals surface area contributed by atoms with Crippen molar-refractivity contribution in [3.05, 3.63) is 0 Å². The van der Waals surface area contributed by atoms with Crippen LogP contribution in [0.25, 0.3) is 0 Å². The maximum atomic E-state index is 12.1. The summed E-state index contributed by atoms with van der Waals surface area (Å²) in [6.07, 6.45) is 11.2. The van der Waals surface area contributed by atoms with E-state index in [4.69, 9.17) is 0 Å². The molecule has 4 rings (SSSR count). The smallest absolute Gasteiger partial charge is 0.222 e. The lowest BCUT2D eigenvalue weighted by atomic mass is 9.47. The zero-order valence-corrected chi connectivity index (χ0v) is 14.8. The topological polar surface area (TPSA) is 37.4 Å². The van der Waals surface area contributed by atoms with Crippen LogP contribution in [0.2, 0.25) is 0 Å². The van der Waals surface area contributed by atoms with Crippen molar-refractivity contribution in [2.75, 3.05) is 7.05 Å². The Hall–Kier alpha value is -0.860. The Morgan fingerprint density at radius 1 is 1.00 bits per heavy atom. The Labute approximate surface area is 140 Å². The summed E-state index contributed by atoms with van der Waals surface area (Å²) < 4.78 is 0. The molecule has 23 heavy (non-hydrogen) atoms. The van der Waals surface area contributed by atoms with Gasteiger partial charge in [0, 0.05) is 25.4 Å². The van der Waals surface area contributed by atoms with Crippen molar-refractivity contribution >= 4 is 12.2 Å². The summed E-state index contributed by atoms with van der Waals surface area (Å²) in [5.74, 6) is 2.70. The summed E-state index contributed by atoms with van der Waals surface area (Å²) in [5, 5.41) is 0. The number of piperidine rings is 1. The molecular weight excluding hydrogens is 286 g/mol. The van der Waals surface area contributed by atoms with Crippen molar-refractivity contribution in [2.45, 2.75) is 71.3 Å². The molecule has 127 valence electrons. The number of amides is 1. The lowest BCUT2D eigenvalue weighted by molar-refractivity contribution is -0.157. The van der Waals surface area contributed by atoms with Gasteiger partial charge in [-0.1, -0.05) is 13.8 Å². The standard InChI is InChI=1S/C20H30NO2/c1-19-10-8-16-14(15(19)6-4-13(19)12-22)5-7-17-20(16,2)11-9-18(23)21(17)3/h13-17H,4-11H2,1-3H3/t13?,14?,15?,16?,17-,19-,20-/m1/s1. The van der Waals surface area contributed by atoms with Crippen LogP contribution in [0, 0.1) is 34.5 Å². The average Bonchev–Trinajstić information content (AvgIpc) is 2.88. The molecule has 4 fully saturated rings. The van der Waals surface area contributed by atoms with Crippen molar-refractivity contribution < 1.29 is 9.59 Å². The van der Waals surface area contributed by atoms with E-state index < -0.39 is 0 Å². The molecule has 1 heterocycles. The SMILES string of the molecule is CN1C(=O)CC[C@]2(C)C3CC[C@]4(C)C([C]=O)CCC4C3CC[C@@H]12. The van der Waals surface area contributed by atoms with Gasteiger partial charge in [0.15, 0.2) is 0 Å². The van der Waals surface area contributed by atoms with Crippen LogP contribution in [0.5, 0.6) is 0 Å². The molecule has 4 aliphatic rings. The Balaban J connectivity index is 1.65. The third-order valence-corrected chi connectivity index (χ3v) is 8.70. The van der Waals surface area contributed by atoms with Crippen molar-refractivity contribution in [3.63, 3.8) is 0 Å². The average molecular weight is 316 g/mol. The van der Waals surface area contributed by atoms with Gasteiger partial charge in [-0.05, 0) is 73.5 Å². The Morgan fingerprint density at radius 3 is 2.48 bits per heavy atom. The van der Waals surface area contributed by atoms with Gasteiger partial charge in [0.05, 0.1) is 0 Å². The van der Waals surface area contributed by atoms with Crippen LogP contribution in [0.4, 0.5) is 0 Å². The molecule has 3 aliphatic carbocycles. The van der Waals surface area contributed by atoms with Crippen molar-refractivity contribution in [1.82, 2.24) is 4.90 Å². The highest BCUT2D eigenvalue weighted by atomic mass is 16.2. The molecule has 0 N–H and O–H groups in total. The Kier molecular flexibility index (Phi) is 3.45. The molecule has 3 heteroatoms. The number of carbonyl (C=O) groups is 1. The van der Waals surface area contributed by atoms with Gasteiger partial charge in [0.25, 0.3) is 0 Å². The largest absolute Gasteiger partial charge is 0.342 e. The maximum Gasteiger partial charge on any atom is 0.222 e. The van der Waals surface area contributed by atoms with Gasteiger partial charge >= 0.3 is 0 Å². The van der Waals surface area contributed by atoms with Crippen LogP contribution in [0.1, 0.15) is 65.2 Å². The van der Waals surface area contributed by atoms with Gasteiger partial charge in [-0.3, -0.25) is 9.59 Å². The third-order valence-electron chi connectivity index (χ3n) is 8.70. The van der Waals surface area contributed by atoms with Gasteiger partial charge in [0.2, 0.25) is 12.2 Å². The highest BCUT2D eigenvalue weighted by Crippen LogP contribution is 2.65. The highest BCUT2D eigenvalue weighted by molar-refractivity contribution is 5.77. The van der Waals surface area contributed by atoms with Crippen LogP contribution < -0.4 is 0 Å². The molecular formula is C20H30NO2. The molecule has 0 spiro atoms. The number of hydrogen-bond acceptors (Lipinski definition) is 2. The molecule has 0 aromatic heterocycles. The molecule has 1 aliphatic heterocycles. The highest BCUT2D eigenvalue weighted by Gasteiger charge is 2.61. The fraction of sp³-hybridized carbons (Fsp3) is 0.900. The van der Waals surface area contributed by atoms with Crippen LogP contribution >= 0.6 is 0 Å². The Bertz CT molecular complexity index is 532. The first kappa shape index (κ1) is 15.7. The number of hydrogen-bond donors (Lipinski definition) is 0. The summed E-state index contributed by atoms with van der Waals surface area (Å²) in [5.41, 5.74) is 0.485. The summed E-state index contributed by atoms with van der Waals surface area (Å²) in [6.45, 7) is 4.82. The van der Waals surface area contributed by atoms with Gasteiger partial charge < -0.3 is 4.90 Å². The predicted octanol–water partition coefficient (Wildman–Crippen LogP) is 3.58. The van der Waals surface area contributed by atoms with E-state index in [0.29, 0.717) is 17.9 Å². The van der Waals surface area contributed by atoms with Crippen LogP contribution in [-0.2, 0) is 9.59 Å². The van der Waals surface area contributed by atoms with E-state index in [1.165, 1.54) is 25.7 Å². The number of fused-ring (bicyclic) bond motifs is 5. The number of carbonyl (C=O) groups excluding carboxylic acids is 2. The van der Waals surface area contributed by atoms with Crippen LogP contribution in [0.15, 0.2) is 0 Å². The summed E-state index contributed by atoms with van der Waals surface area (Å²) >= 11 is 0. The maximum absolute atomic E-state index is 12.1. The fourth-order valence-electron chi connectivity index (χ4n) is 7.34. The van der Waals surface area contributed by atoms with Gasteiger partial charge in [-0.25, -0.2) is 0 Å². The fourth-order valence-corrected chi connectivity index (χ4v) is 7.34. The van der Waals surface area contributed by atoms with Crippen molar-refractivity contribution in [1.29, 1.82) is 0 Å². The van der Waals surface area contributed by atoms with Gasteiger partial charge in [-0.2, -0.15) is 0 Å². The van der Waals surface area contributed by atoms with Crippen molar-refractivity contribution in [2.24, 2.45) is 34.5 Å². The zero-order chi connectivity index (χ0) is 16.4. The minimum atomic E-state index is 0.162. The number of nitrogens with zero attached hydrogens (tertiary/aromatic N) is 1. The molecule has 1 saturated heterocycles. The lowest BCUT2D eigenvalue weighted by Crippen LogP contribution is -2.61. The first-order chi connectivity index (χ1) is 10.9. The molecule has 7 atom stereocenters. The first-order valence-corrected chi connectivity index (χ1v) is 9.55. The van der Waals surface area contributed by atoms with E-state index in [-0.39, 0.29) is 16.7 Å². The molecule has 1 radical (unpaired) electrons. The van der Waals surface area contributed by atoms with Gasteiger partial charge in [-0.15, -0.1) is 0 Å². The second-order valence-electron chi connectivity index (χ2n) is 9.27. The number of rotatable bonds is 1. The summed E-state index contributed by atoms with van der Waals surface area (Å²) in [6, 6.07) is 0.434. The van der Waals surface area contributed by atoms with E-state index in [0.717, 1.165) is 37.5 Å². The monoisotopic (exact) mass is 316 g/mol. The predicted molar refractivity (Wildman–Crippen MR) is 89.4 cm³/mol. The van der Waals surface area contributed by atoms with Crippen LogP contribution in [0.3, 0.4) is 0 Å². The zero-order valence-electron chi connectivity index (χ0n) is 14.8. The summed E-state index contributed by atoms with van der Waals surface area (Å²) in [7, 11) is 2.02. The lowest BCUT2D eigenvalue weighted by Gasteiger charge is -2.61. The van der Waals surface area contributed by atoms with Crippen LogP contribution in [-0.4, -0.2) is 30.2 Å². The second kappa shape index (κ2) is 5.07. The molecule has 3 nitrogen and oxygen atoms in total. The van der Waals surface area contributed by atoms with E-state index in [1.807, 2.05) is 7.05 Å². The third kappa shape index (κ3) is 1.94. The molecule has 3 saturated carbocycles. The van der Waals surface area contributed by atoms with Crippen molar-refractivity contribution in [3.8, 4) is 0 Å².